The second-order valence-electron chi connectivity index (χ2n) is 5.60. The van der Waals surface area contributed by atoms with Gasteiger partial charge in [-0.15, -0.1) is 0 Å². The number of nitro groups is 1. The molecule has 0 spiro atoms. The molecule has 6 nitrogen and oxygen atoms in total. The average Bonchev–Trinajstić information content (AvgIpc) is 2.93. The van der Waals surface area contributed by atoms with E-state index >= 15 is 0 Å². The number of halogens is 1. The van der Waals surface area contributed by atoms with Crippen LogP contribution >= 0.6 is 0 Å². The van der Waals surface area contributed by atoms with Gasteiger partial charge in [0.25, 0.3) is 5.69 Å². The molecule has 0 unspecified atom stereocenters. The van der Waals surface area contributed by atoms with Gasteiger partial charge < -0.3 is 4.90 Å². The average molecular weight is 304 g/mol. The van der Waals surface area contributed by atoms with E-state index in [0.717, 1.165) is 18.9 Å². The third-order valence-electron chi connectivity index (χ3n) is 4.17. The van der Waals surface area contributed by atoms with E-state index in [1.54, 1.807) is 4.68 Å². The molecule has 2 aromatic rings. The van der Waals surface area contributed by atoms with E-state index < -0.39 is 10.7 Å². The van der Waals surface area contributed by atoms with Crippen molar-refractivity contribution >= 4 is 11.4 Å². The van der Waals surface area contributed by atoms with Crippen LogP contribution in [0.3, 0.4) is 0 Å². The number of aryl methyl sites for hydroxylation is 1. The van der Waals surface area contributed by atoms with Crippen molar-refractivity contribution in [2.24, 2.45) is 7.05 Å². The standard InChI is InChI=1S/C15H17FN4O2/c1-18-10-12(9-17-18)11-4-6-19(7-5-11)15-8-13(16)2-3-14(15)20(21)22/h2-3,8-11H,4-7H2,1H3. The summed E-state index contributed by atoms with van der Waals surface area (Å²) in [5, 5.41) is 15.3. The minimum absolute atomic E-state index is 0.0405. The lowest BCUT2D eigenvalue weighted by Gasteiger charge is -2.32. The van der Waals surface area contributed by atoms with Crippen LogP contribution < -0.4 is 4.90 Å². The van der Waals surface area contributed by atoms with Crippen molar-refractivity contribution in [3.05, 3.63) is 52.1 Å². The molecule has 1 aromatic carbocycles. The molecular weight excluding hydrogens is 287 g/mol. The second-order valence-corrected chi connectivity index (χ2v) is 5.60. The minimum Gasteiger partial charge on any atom is -0.366 e. The van der Waals surface area contributed by atoms with Gasteiger partial charge in [0.15, 0.2) is 0 Å². The van der Waals surface area contributed by atoms with Gasteiger partial charge in [-0.25, -0.2) is 4.39 Å². The van der Waals surface area contributed by atoms with Crippen molar-refractivity contribution in [2.45, 2.75) is 18.8 Å². The first-order valence-corrected chi connectivity index (χ1v) is 7.22. The molecule has 0 bridgehead atoms. The fourth-order valence-corrected chi connectivity index (χ4v) is 3.01. The molecule has 1 aromatic heterocycles. The number of hydrogen-bond acceptors (Lipinski definition) is 4. The fourth-order valence-electron chi connectivity index (χ4n) is 3.01. The highest BCUT2D eigenvalue weighted by Crippen LogP contribution is 2.34. The Bertz CT molecular complexity index is 693. The van der Waals surface area contributed by atoms with Crippen LogP contribution in [-0.2, 0) is 7.05 Å². The number of nitrogens with zero attached hydrogens (tertiary/aromatic N) is 4. The van der Waals surface area contributed by atoms with Crippen molar-refractivity contribution in [1.29, 1.82) is 0 Å². The van der Waals surface area contributed by atoms with Crippen molar-refractivity contribution in [3.8, 4) is 0 Å². The number of hydrogen-bond donors (Lipinski definition) is 0. The van der Waals surface area contributed by atoms with E-state index in [4.69, 9.17) is 0 Å². The summed E-state index contributed by atoms with van der Waals surface area (Å²) in [6.45, 7) is 1.34. The first-order valence-electron chi connectivity index (χ1n) is 7.22. The Morgan fingerprint density at radius 3 is 2.68 bits per heavy atom. The molecule has 7 heteroatoms. The lowest BCUT2D eigenvalue weighted by molar-refractivity contribution is -0.384. The van der Waals surface area contributed by atoms with Crippen molar-refractivity contribution in [3.63, 3.8) is 0 Å². The molecule has 3 rings (SSSR count). The SMILES string of the molecule is Cn1cc(C2CCN(c3cc(F)ccc3[N+](=O)[O-])CC2)cn1. The predicted octanol–water partition coefficient (Wildman–Crippen LogP) is 2.85. The van der Waals surface area contributed by atoms with Gasteiger partial charge in [-0.05, 0) is 30.4 Å². The Morgan fingerprint density at radius 1 is 1.36 bits per heavy atom. The molecule has 22 heavy (non-hydrogen) atoms. The Balaban J connectivity index is 1.76. The topological polar surface area (TPSA) is 64.2 Å². The lowest BCUT2D eigenvalue weighted by atomic mass is 9.91. The zero-order valence-corrected chi connectivity index (χ0v) is 12.3. The number of piperidine rings is 1. The van der Waals surface area contributed by atoms with Crippen LogP contribution in [0.15, 0.2) is 30.6 Å². The van der Waals surface area contributed by atoms with Crippen LogP contribution in [0.5, 0.6) is 0 Å². The third kappa shape index (κ3) is 2.79. The van der Waals surface area contributed by atoms with Gasteiger partial charge in [-0.3, -0.25) is 14.8 Å². The van der Waals surface area contributed by atoms with E-state index in [-0.39, 0.29) is 5.69 Å². The van der Waals surface area contributed by atoms with Crippen molar-refractivity contribution in [2.75, 3.05) is 18.0 Å². The van der Waals surface area contributed by atoms with Gasteiger partial charge >= 0.3 is 0 Å². The molecule has 0 saturated carbocycles. The highest BCUT2D eigenvalue weighted by Gasteiger charge is 2.26. The maximum absolute atomic E-state index is 13.4. The number of rotatable bonds is 3. The van der Waals surface area contributed by atoms with Gasteiger partial charge in [0.2, 0.25) is 0 Å². The first kappa shape index (κ1) is 14.5. The summed E-state index contributed by atoms with van der Waals surface area (Å²) in [6, 6.07) is 3.62. The maximum Gasteiger partial charge on any atom is 0.292 e. The number of nitro benzene ring substituents is 1. The summed E-state index contributed by atoms with van der Waals surface area (Å²) in [5.74, 6) is -0.0486. The Morgan fingerprint density at radius 2 is 2.09 bits per heavy atom. The molecule has 0 atom stereocenters. The molecule has 0 amide bonds. The second kappa shape index (κ2) is 5.75. The number of anilines is 1. The summed E-state index contributed by atoms with van der Waals surface area (Å²) in [7, 11) is 1.88. The van der Waals surface area contributed by atoms with Crippen LogP contribution in [0.2, 0.25) is 0 Å². The van der Waals surface area contributed by atoms with Crippen LogP contribution in [0.25, 0.3) is 0 Å². The zero-order valence-electron chi connectivity index (χ0n) is 12.3. The van der Waals surface area contributed by atoms with E-state index in [0.29, 0.717) is 24.7 Å². The smallest absolute Gasteiger partial charge is 0.292 e. The fraction of sp³-hybridized carbons (Fsp3) is 0.400. The van der Waals surface area contributed by atoms with Gasteiger partial charge in [-0.1, -0.05) is 0 Å². The molecule has 0 aliphatic carbocycles. The molecule has 0 N–H and O–H groups in total. The monoisotopic (exact) mass is 304 g/mol. The van der Waals surface area contributed by atoms with E-state index in [9.17, 15) is 14.5 Å². The molecule has 1 fully saturated rings. The van der Waals surface area contributed by atoms with Gasteiger partial charge in [0.1, 0.15) is 11.5 Å². The van der Waals surface area contributed by atoms with Gasteiger partial charge in [0.05, 0.1) is 11.1 Å². The Kier molecular flexibility index (Phi) is 3.79. The molecule has 116 valence electrons. The number of benzene rings is 1. The third-order valence-corrected chi connectivity index (χ3v) is 4.17. The Labute approximate surface area is 127 Å². The molecular formula is C15H17FN4O2. The normalized spacial score (nSPS) is 16.0. The summed E-state index contributed by atoms with van der Waals surface area (Å²) in [5.41, 5.74) is 1.52. The van der Waals surface area contributed by atoms with Crippen molar-refractivity contribution < 1.29 is 9.31 Å². The summed E-state index contributed by atoms with van der Waals surface area (Å²) < 4.78 is 15.2. The first-order chi connectivity index (χ1) is 10.5. The van der Waals surface area contributed by atoms with Crippen molar-refractivity contribution in [1.82, 2.24) is 9.78 Å². The van der Waals surface area contributed by atoms with Gasteiger partial charge in [-0.2, -0.15) is 5.10 Å². The number of aromatic nitrogens is 2. The summed E-state index contributed by atoms with van der Waals surface area (Å²) in [6.07, 6.45) is 5.62. The molecule has 0 radical (unpaired) electrons. The van der Waals surface area contributed by atoms with Crippen LogP contribution in [0.4, 0.5) is 15.8 Å². The van der Waals surface area contributed by atoms with Crippen LogP contribution in [-0.4, -0.2) is 27.8 Å². The molecule has 1 saturated heterocycles. The highest BCUT2D eigenvalue weighted by atomic mass is 19.1. The zero-order chi connectivity index (χ0) is 15.7. The van der Waals surface area contributed by atoms with E-state index in [1.165, 1.54) is 17.7 Å². The van der Waals surface area contributed by atoms with Crippen LogP contribution in [0, 0.1) is 15.9 Å². The van der Waals surface area contributed by atoms with E-state index in [1.807, 2.05) is 24.3 Å². The molecule has 1 aliphatic rings. The molecule has 2 heterocycles. The van der Waals surface area contributed by atoms with E-state index in [2.05, 4.69) is 5.10 Å². The lowest BCUT2D eigenvalue weighted by Crippen LogP contribution is -2.33. The van der Waals surface area contributed by atoms with Crippen LogP contribution in [0.1, 0.15) is 24.3 Å². The minimum atomic E-state index is -0.456. The highest BCUT2D eigenvalue weighted by molar-refractivity contribution is 5.63. The summed E-state index contributed by atoms with van der Waals surface area (Å²) >= 11 is 0. The quantitative estimate of drug-likeness (QED) is 0.646. The predicted molar refractivity (Wildman–Crippen MR) is 80.5 cm³/mol. The van der Waals surface area contributed by atoms with Gasteiger partial charge in [0, 0.05) is 38.5 Å². The molecule has 1 aliphatic heterocycles. The largest absolute Gasteiger partial charge is 0.366 e. The maximum atomic E-state index is 13.4. The summed E-state index contributed by atoms with van der Waals surface area (Å²) in [4.78, 5) is 12.6. The Hall–Kier alpha value is -2.44.